The molecule has 5 heteroatoms. The first-order valence-electron chi connectivity index (χ1n) is 3.77. The summed E-state index contributed by atoms with van der Waals surface area (Å²) < 4.78 is 23.0. The van der Waals surface area contributed by atoms with Crippen molar-refractivity contribution in [2.75, 3.05) is 6.79 Å². The van der Waals surface area contributed by atoms with Crippen LogP contribution in [-0.2, 0) is 6.54 Å². The zero-order valence-corrected chi connectivity index (χ0v) is 6.71. The highest BCUT2D eigenvalue weighted by Crippen LogP contribution is 2.37. The summed E-state index contributed by atoms with van der Waals surface area (Å²) >= 11 is 0. The topological polar surface area (TPSA) is 50.7 Å². The van der Waals surface area contributed by atoms with E-state index < -0.39 is 5.82 Å². The molecule has 13 heavy (non-hydrogen) atoms. The summed E-state index contributed by atoms with van der Waals surface area (Å²) in [6, 6.07) is 2.81. The van der Waals surface area contributed by atoms with Gasteiger partial charge in [-0.25, -0.2) is 9.87 Å². The number of nitrogens with one attached hydrogen (secondary N) is 1. The number of rotatable bonds is 2. The summed E-state index contributed by atoms with van der Waals surface area (Å²) in [6.45, 7) is 0.223. The van der Waals surface area contributed by atoms with Crippen molar-refractivity contribution in [1.29, 1.82) is 0 Å². The highest BCUT2D eigenvalue weighted by atomic mass is 19.1. The first-order valence-corrected chi connectivity index (χ1v) is 3.77. The molecule has 0 unspecified atom stereocenters. The molecule has 0 saturated heterocycles. The molecule has 1 aromatic rings. The van der Waals surface area contributed by atoms with Crippen molar-refractivity contribution in [1.82, 2.24) is 5.48 Å². The van der Waals surface area contributed by atoms with E-state index in [2.05, 4.69) is 0 Å². The Morgan fingerprint density at radius 3 is 2.92 bits per heavy atom. The quantitative estimate of drug-likeness (QED) is 0.676. The minimum absolute atomic E-state index is 0.0225. The molecule has 1 aliphatic heterocycles. The zero-order valence-electron chi connectivity index (χ0n) is 6.71. The number of fused-ring (bicyclic) bond motifs is 1. The zero-order chi connectivity index (χ0) is 9.26. The molecular formula is C8H8FNO3. The van der Waals surface area contributed by atoms with Gasteiger partial charge in [0.15, 0.2) is 11.6 Å². The van der Waals surface area contributed by atoms with Crippen LogP contribution in [-0.4, -0.2) is 12.0 Å². The minimum atomic E-state index is -0.450. The number of halogens is 1. The molecule has 0 spiro atoms. The predicted octanol–water partition coefficient (Wildman–Crippen LogP) is 1.03. The van der Waals surface area contributed by atoms with Crippen molar-refractivity contribution >= 4 is 0 Å². The molecule has 0 atom stereocenters. The predicted molar refractivity (Wildman–Crippen MR) is 41.1 cm³/mol. The van der Waals surface area contributed by atoms with Gasteiger partial charge < -0.3 is 14.7 Å². The van der Waals surface area contributed by atoms with Crippen LogP contribution in [0.15, 0.2) is 12.1 Å². The van der Waals surface area contributed by atoms with Gasteiger partial charge in [-0.05, 0) is 6.07 Å². The molecule has 0 fully saturated rings. The Hall–Kier alpha value is -1.33. The Kier molecular flexibility index (Phi) is 2.03. The van der Waals surface area contributed by atoms with Crippen LogP contribution < -0.4 is 15.0 Å². The largest absolute Gasteiger partial charge is 0.453 e. The van der Waals surface area contributed by atoms with Gasteiger partial charge in [0, 0.05) is 12.1 Å². The van der Waals surface area contributed by atoms with Crippen molar-refractivity contribution in [3.8, 4) is 11.5 Å². The van der Waals surface area contributed by atoms with Gasteiger partial charge in [0.25, 0.3) is 0 Å². The van der Waals surface area contributed by atoms with E-state index in [9.17, 15) is 4.39 Å². The second-order valence-electron chi connectivity index (χ2n) is 2.61. The van der Waals surface area contributed by atoms with Gasteiger partial charge in [-0.2, -0.15) is 0 Å². The summed E-state index contributed by atoms with van der Waals surface area (Å²) in [4.78, 5) is 0. The molecule has 0 radical (unpaired) electrons. The molecule has 2 N–H and O–H groups in total. The van der Waals surface area contributed by atoms with E-state index >= 15 is 0 Å². The van der Waals surface area contributed by atoms with Crippen LogP contribution in [0.25, 0.3) is 0 Å². The molecule has 1 aliphatic rings. The summed E-state index contributed by atoms with van der Waals surface area (Å²) in [5.74, 6) is 0.0310. The van der Waals surface area contributed by atoms with E-state index in [4.69, 9.17) is 14.7 Å². The fourth-order valence-electron chi connectivity index (χ4n) is 1.24. The molecule has 1 aromatic carbocycles. The number of benzene rings is 1. The monoisotopic (exact) mass is 185 g/mol. The van der Waals surface area contributed by atoms with Crippen LogP contribution in [0.2, 0.25) is 0 Å². The maximum absolute atomic E-state index is 13.0. The molecule has 0 saturated carbocycles. The van der Waals surface area contributed by atoms with E-state index in [0.717, 1.165) is 0 Å². The Balaban J connectivity index is 2.43. The molecule has 0 aromatic heterocycles. The SMILES string of the molecule is ONCc1ccc(F)c2c1OCO2. The van der Waals surface area contributed by atoms with Crippen LogP contribution in [0.3, 0.4) is 0 Å². The second-order valence-corrected chi connectivity index (χ2v) is 2.61. The van der Waals surface area contributed by atoms with Crippen molar-refractivity contribution in [2.45, 2.75) is 6.54 Å². The van der Waals surface area contributed by atoms with Gasteiger partial charge in [-0.1, -0.05) is 6.07 Å². The maximum atomic E-state index is 13.0. The number of hydrogen-bond acceptors (Lipinski definition) is 4. The fraction of sp³-hybridized carbons (Fsp3) is 0.250. The molecule has 0 bridgehead atoms. The van der Waals surface area contributed by atoms with E-state index in [0.29, 0.717) is 11.3 Å². The average Bonchev–Trinajstić information content (AvgIpc) is 2.59. The lowest BCUT2D eigenvalue weighted by Gasteiger charge is -2.04. The van der Waals surface area contributed by atoms with Crippen LogP contribution in [0, 0.1) is 5.82 Å². The molecule has 0 aliphatic carbocycles. The standard InChI is InChI=1S/C8H8FNO3/c9-6-2-1-5(3-10-11)7-8(6)13-4-12-7/h1-2,10-11H,3-4H2. The van der Waals surface area contributed by atoms with Crippen LogP contribution in [0.5, 0.6) is 11.5 Å². The summed E-state index contributed by atoms with van der Waals surface area (Å²) in [6.07, 6.45) is 0. The molecule has 4 nitrogen and oxygen atoms in total. The van der Waals surface area contributed by atoms with Crippen molar-refractivity contribution in [3.05, 3.63) is 23.5 Å². The second kappa shape index (κ2) is 3.20. The Morgan fingerprint density at radius 2 is 2.15 bits per heavy atom. The van der Waals surface area contributed by atoms with Gasteiger partial charge >= 0.3 is 0 Å². The van der Waals surface area contributed by atoms with E-state index in [1.54, 1.807) is 0 Å². The maximum Gasteiger partial charge on any atom is 0.231 e. The lowest BCUT2D eigenvalue weighted by Crippen LogP contribution is -2.07. The van der Waals surface area contributed by atoms with Gasteiger partial charge in [-0.15, -0.1) is 0 Å². The van der Waals surface area contributed by atoms with Gasteiger partial charge in [0.1, 0.15) is 0 Å². The lowest BCUT2D eigenvalue weighted by molar-refractivity contribution is 0.155. The summed E-state index contributed by atoms with van der Waals surface area (Å²) in [5, 5.41) is 8.48. The summed E-state index contributed by atoms with van der Waals surface area (Å²) in [7, 11) is 0. The van der Waals surface area contributed by atoms with Crippen molar-refractivity contribution in [2.24, 2.45) is 0 Å². The molecule has 70 valence electrons. The summed E-state index contributed by atoms with van der Waals surface area (Å²) in [5.41, 5.74) is 2.64. The van der Waals surface area contributed by atoms with Gasteiger partial charge in [-0.3, -0.25) is 0 Å². The number of ether oxygens (including phenoxy) is 2. The number of hydrogen-bond donors (Lipinski definition) is 2. The van der Waals surface area contributed by atoms with Gasteiger partial charge in [0.2, 0.25) is 12.5 Å². The Bertz CT molecular complexity index is 329. The van der Waals surface area contributed by atoms with Crippen molar-refractivity contribution < 1.29 is 19.1 Å². The van der Waals surface area contributed by atoms with E-state index in [1.165, 1.54) is 12.1 Å². The highest BCUT2D eigenvalue weighted by molar-refractivity contribution is 5.49. The molecular weight excluding hydrogens is 177 g/mol. The van der Waals surface area contributed by atoms with Crippen LogP contribution in [0.4, 0.5) is 4.39 Å². The normalized spacial score (nSPS) is 13.4. The van der Waals surface area contributed by atoms with Crippen LogP contribution >= 0.6 is 0 Å². The first kappa shape index (κ1) is 8.28. The van der Waals surface area contributed by atoms with Gasteiger partial charge in [0.05, 0.1) is 0 Å². The average molecular weight is 185 g/mol. The number of hydroxylamine groups is 1. The van der Waals surface area contributed by atoms with E-state index in [1.807, 2.05) is 5.48 Å². The van der Waals surface area contributed by atoms with Crippen molar-refractivity contribution in [3.63, 3.8) is 0 Å². The fourth-order valence-corrected chi connectivity index (χ4v) is 1.24. The third-order valence-electron chi connectivity index (χ3n) is 1.82. The lowest BCUT2D eigenvalue weighted by atomic mass is 10.2. The highest BCUT2D eigenvalue weighted by Gasteiger charge is 2.21. The third kappa shape index (κ3) is 1.32. The first-order chi connectivity index (χ1) is 6.33. The smallest absolute Gasteiger partial charge is 0.231 e. The Labute approximate surface area is 73.8 Å². The third-order valence-corrected chi connectivity index (χ3v) is 1.82. The molecule has 2 rings (SSSR count). The van der Waals surface area contributed by atoms with E-state index in [-0.39, 0.29) is 19.1 Å². The molecule has 1 heterocycles. The Morgan fingerprint density at radius 1 is 1.38 bits per heavy atom. The minimum Gasteiger partial charge on any atom is -0.453 e. The molecule has 0 amide bonds. The van der Waals surface area contributed by atoms with Crippen LogP contribution in [0.1, 0.15) is 5.56 Å².